The van der Waals surface area contributed by atoms with E-state index in [2.05, 4.69) is 0 Å². The molecule has 0 aliphatic carbocycles. The van der Waals surface area contributed by atoms with E-state index in [1.165, 1.54) is 31.4 Å². The maximum atomic E-state index is 13.2. The highest BCUT2D eigenvalue weighted by Gasteiger charge is 2.42. The molecule has 4 rings (SSSR count). The maximum Gasteiger partial charge on any atom is 0.327 e. The van der Waals surface area contributed by atoms with Gasteiger partial charge in [-0.15, -0.1) is 0 Å². The molecule has 0 radical (unpaired) electrons. The Labute approximate surface area is 198 Å². The van der Waals surface area contributed by atoms with Gasteiger partial charge in [-0.05, 0) is 30.3 Å². The summed E-state index contributed by atoms with van der Waals surface area (Å²) in [6.45, 7) is -0.817. The van der Waals surface area contributed by atoms with Crippen LogP contribution in [-0.2, 0) is 9.53 Å². The molecule has 0 fully saturated rings. The average Bonchev–Trinajstić information content (AvgIpc) is 3.12. The summed E-state index contributed by atoms with van der Waals surface area (Å²) in [4.78, 5) is 62.5. The SMILES string of the molecule is COc1ccc(C(=O)[C@@H](OC(=O)CN2C(=O)c3cccc([N+](=O)[O-])c3C2=O)c2ccccc2)cc1. The van der Waals surface area contributed by atoms with Crippen LogP contribution in [0.4, 0.5) is 5.69 Å². The zero-order valence-electron chi connectivity index (χ0n) is 18.4. The quantitative estimate of drug-likeness (QED) is 0.160. The van der Waals surface area contributed by atoms with Gasteiger partial charge >= 0.3 is 5.97 Å². The fraction of sp³-hybridized carbons (Fsp3) is 0.120. The fourth-order valence-corrected chi connectivity index (χ4v) is 3.72. The van der Waals surface area contributed by atoms with Crippen LogP contribution in [0.2, 0.25) is 0 Å². The zero-order valence-corrected chi connectivity index (χ0v) is 18.4. The molecule has 2 amide bonds. The van der Waals surface area contributed by atoms with Gasteiger partial charge in [-0.25, -0.2) is 0 Å². The largest absolute Gasteiger partial charge is 0.497 e. The Morgan fingerprint density at radius 3 is 2.26 bits per heavy atom. The lowest BCUT2D eigenvalue weighted by molar-refractivity contribution is -0.385. The smallest absolute Gasteiger partial charge is 0.327 e. The molecule has 10 heteroatoms. The number of ether oxygens (including phenoxy) is 2. The Hall–Kier alpha value is -4.86. The topological polar surface area (TPSA) is 133 Å². The fourth-order valence-electron chi connectivity index (χ4n) is 3.72. The number of carbonyl (C=O) groups is 4. The summed E-state index contributed by atoms with van der Waals surface area (Å²) in [6.07, 6.45) is -1.35. The number of nitrogens with zero attached hydrogens (tertiary/aromatic N) is 2. The van der Waals surface area contributed by atoms with Gasteiger partial charge in [-0.1, -0.05) is 36.4 Å². The van der Waals surface area contributed by atoms with E-state index in [0.717, 1.165) is 6.07 Å². The second-order valence-corrected chi connectivity index (χ2v) is 7.53. The van der Waals surface area contributed by atoms with Gasteiger partial charge in [-0.3, -0.25) is 34.2 Å². The van der Waals surface area contributed by atoms with Crippen molar-refractivity contribution in [3.8, 4) is 5.75 Å². The van der Waals surface area contributed by atoms with E-state index in [9.17, 15) is 29.3 Å². The van der Waals surface area contributed by atoms with Crippen LogP contribution in [0.3, 0.4) is 0 Å². The van der Waals surface area contributed by atoms with Gasteiger partial charge in [-0.2, -0.15) is 0 Å². The molecule has 0 aromatic heterocycles. The molecule has 1 aliphatic rings. The highest BCUT2D eigenvalue weighted by molar-refractivity contribution is 6.24. The number of Topliss-reactive ketones (excluding diaryl/α,β-unsaturated/α-hetero) is 1. The van der Waals surface area contributed by atoms with Crippen LogP contribution < -0.4 is 4.74 Å². The third kappa shape index (κ3) is 4.49. The molecule has 1 atom stereocenters. The second kappa shape index (κ2) is 9.56. The summed E-state index contributed by atoms with van der Waals surface area (Å²) in [5.74, 6) is -2.85. The third-order valence-corrected chi connectivity index (χ3v) is 5.43. The molecule has 1 heterocycles. The molecule has 3 aromatic carbocycles. The predicted molar refractivity (Wildman–Crippen MR) is 121 cm³/mol. The molecule has 35 heavy (non-hydrogen) atoms. The van der Waals surface area contributed by atoms with Gasteiger partial charge in [0, 0.05) is 17.2 Å². The number of esters is 1. The first-order chi connectivity index (χ1) is 16.8. The number of fused-ring (bicyclic) bond motifs is 1. The number of amides is 2. The molecule has 0 saturated heterocycles. The van der Waals surface area contributed by atoms with E-state index in [-0.39, 0.29) is 16.7 Å². The second-order valence-electron chi connectivity index (χ2n) is 7.53. The first-order valence-electron chi connectivity index (χ1n) is 10.4. The molecular formula is C25H18N2O8. The Morgan fingerprint density at radius 2 is 1.63 bits per heavy atom. The molecule has 0 N–H and O–H groups in total. The van der Waals surface area contributed by atoms with Crippen LogP contribution >= 0.6 is 0 Å². The third-order valence-electron chi connectivity index (χ3n) is 5.43. The molecule has 3 aromatic rings. The lowest BCUT2D eigenvalue weighted by Gasteiger charge is -2.19. The summed E-state index contributed by atoms with van der Waals surface area (Å²) < 4.78 is 10.5. The number of ketones is 1. The average molecular weight is 474 g/mol. The summed E-state index contributed by atoms with van der Waals surface area (Å²) in [6, 6.07) is 18.1. The number of benzene rings is 3. The minimum atomic E-state index is -1.35. The highest BCUT2D eigenvalue weighted by Crippen LogP contribution is 2.31. The molecule has 0 spiro atoms. The summed E-state index contributed by atoms with van der Waals surface area (Å²) >= 11 is 0. The summed E-state index contributed by atoms with van der Waals surface area (Å²) in [7, 11) is 1.49. The van der Waals surface area contributed by atoms with Gasteiger partial charge in [0.1, 0.15) is 17.9 Å². The van der Waals surface area contributed by atoms with Crippen molar-refractivity contribution >= 4 is 29.3 Å². The predicted octanol–water partition coefficient (Wildman–Crippen LogP) is 3.37. The summed E-state index contributed by atoms with van der Waals surface area (Å²) in [5, 5.41) is 11.3. The lowest BCUT2D eigenvalue weighted by atomic mass is 9.99. The van der Waals surface area contributed by atoms with Crippen molar-refractivity contribution in [3.63, 3.8) is 0 Å². The molecule has 10 nitrogen and oxygen atoms in total. The molecule has 0 unspecified atom stereocenters. The number of nitro groups is 1. The van der Waals surface area contributed by atoms with Crippen molar-refractivity contribution < 1.29 is 33.6 Å². The van der Waals surface area contributed by atoms with Crippen LogP contribution in [0, 0.1) is 10.1 Å². The first kappa shape index (κ1) is 23.3. The van der Waals surface area contributed by atoms with Gasteiger partial charge in [0.2, 0.25) is 5.78 Å². The summed E-state index contributed by atoms with van der Waals surface area (Å²) in [5.41, 5.74) is -0.452. The Kier molecular flexibility index (Phi) is 6.36. The normalized spacial score (nSPS) is 13.2. The van der Waals surface area contributed by atoms with E-state index in [1.54, 1.807) is 42.5 Å². The Bertz CT molecular complexity index is 1340. The van der Waals surface area contributed by atoms with Crippen LogP contribution in [0.15, 0.2) is 72.8 Å². The van der Waals surface area contributed by atoms with Crippen molar-refractivity contribution in [3.05, 3.63) is 105 Å². The maximum absolute atomic E-state index is 13.2. The number of carbonyl (C=O) groups excluding carboxylic acids is 4. The number of methoxy groups -OCH3 is 1. The standard InChI is InChI=1S/C25H18N2O8/c1-34-17-12-10-15(11-13-17)22(29)23(16-6-3-2-4-7-16)35-20(28)14-26-24(30)18-8-5-9-19(27(32)33)21(18)25(26)31/h2-13,23H,14H2,1H3/t23-/m0/s1. The Balaban J connectivity index is 1.57. The van der Waals surface area contributed by atoms with E-state index < -0.39 is 46.8 Å². The van der Waals surface area contributed by atoms with E-state index in [1.807, 2.05) is 0 Å². The minimum Gasteiger partial charge on any atom is -0.497 e. The monoisotopic (exact) mass is 474 g/mol. The Morgan fingerprint density at radius 1 is 0.943 bits per heavy atom. The van der Waals surface area contributed by atoms with Crippen molar-refractivity contribution in [1.29, 1.82) is 0 Å². The van der Waals surface area contributed by atoms with E-state index in [4.69, 9.17) is 9.47 Å². The van der Waals surface area contributed by atoms with Crippen molar-refractivity contribution in [2.45, 2.75) is 6.10 Å². The highest BCUT2D eigenvalue weighted by atomic mass is 16.6. The van der Waals surface area contributed by atoms with Gasteiger partial charge < -0.3 is 9.47 Å². The van der Waals surface area contributed by atoms with Crippen LogP contribution in [0.1, 0.15) is 42.7 Å². The molecule has 1 aliphatic heterocycles. The molecular weight excluding hydrogens is 456 g/mol. The number of hydrogen-bond donors (Lipinski definition) is 0. The number of imide groups is 1. The van der Waals surface area contributed by atoms with E-state index >= 15 is 0 Å². The molecule has 176 valence electrons. The lowest BCUT2D eigenvalue weighted by Crippen LogP contribution is -2.36. The number of rotatable bonds is 8. The number of nitro benzene ring substituents is 1. The van der Waals surface area contributed by atoms with Gasteiger partial charge in [0.25, 0.3) is 17.5 Å². The van der Waals surface area contributed by atoms with Gasteiger partial charge in [0.15, 0.2) is 6.10 Å². The van der Waals surface area contributed by atoms with Crippen LogP contribution in [0.25, 0.3) is 0 Å². The van der Waals surface area contributed by atoms with E-state index in [0.29, 0.717) is 16.2 Å². The zero-order chi connectivity index (χ0) is 25.1. The van der Waals surface area contributed by atoms with Crippen molar-refractivity contribution in [1.82, 2.24) is 4.90 Å². The van der Waals surface area contributed by atoms with Crippen molar-refractivity contribution in [2.24, 2.45) is 0 Å². The molecule has 0 bridgehead atoms. The first-order valence-corrected chi connectivity index (χ1v) is 10.4. The number of hydrogen-bond acceptors (Lipinski definition) is 8. The van der Waals surface area contributed by atoms with Gasteiger partial charge in [0.05, 0.1) is 17.6 Å². The molecule has 0 saturated carbocycles. The van der Waals surface area contributed by atoms with Crippen LogP contribution in [0.5, 0.6) is 5.75 Å². The minimum absolute atomic E-state index is 0.175. The van der Waals surface area contributed by atoms with Crippen molar-refractivity contribution in [2.75, 3.05) is 13.7 Å². The van der Waals surface area contributed by atoms with Crippen LogP contribution in [-0.4, -0.2) is 47.0 Å².